The fourth-order valence-electron chi connectivity index (χ4n) is 3.55. The van der Waals surface area contributed by atoms with Crippen molar-refractivity contribution in [3.8, 4) is 23.3 Å². The maximum Gasteiger partial charge on any atom is 0.162 e. The van der Waals surface area contributed by atoms with Crippen LogP contribution in [0.5, 0.6) is 11.5 Å². The number of unbranched alkanes of at least 4 members (excludes halogenated alkanes) is 2. The van der Waals surface area contributed by atoms with Gasteiger partial charge in [0.05, 0.1) is 18.1 Å². The summed E-state index contributed by atoms with van der Waals surface area (Å²) in [6, 6.07) is 8.15. The van der Waals surface area contributed by atoms with Gasteiger partial charge in [0.15, 0.2) is 11.5 Å². The predicted octanol–water partition coefficient (Wildman–Crippen LogP) is 9.10. The van der Waals surface area contributed by atoms with Crippen LogP contribution in [0.1, 0.15) is 89.5 Å². The van der Waals surface area contributed by atoms with Crippen LogP contribution in [0.3, 0.4) is 0 Å². The van der Waals surface area contributed by atoms with Gasteiger partial charge in [-0.25, -0.2) is 0 Å². The van der Waals surface area contributed by atoms with Gasteiger partial charge in [-0.3, -0.25) is 0 Å². The minimum Gasteiger partial charge on any atom is -0.489 e. The third-order valence-corrected chi connectivity index (χ3v) is 7.35. The number of hydrogen-bond acceptors (Lipinski definition) is 3. The molecule has 1 aromatic heterocycles. The van der Waals surface area contributed by atoms with E-state index in [1.54, 1.807) is 11.3 Å². The Kier molecular flexibility index (Phi) is 12.9. The van der Waals surface area contributed by atoms with E-state index in [9.17, 15) is 0 Å². The number of ether oxygens (including phenoxy) is 2. The van der Waals surface area contributed by atoms with E-state index < -0.39 is 0 Å². The van der Waals surface area contributed by atoms with E-state index in [1.165, 1.54) is 38.5 Å². The minimum absolute atomic E-state index is 0.569. The molecular weight excluding hydrogens is 480 g/mol. The standard InChI is InChI=1S/C28H39BrO2S/c1-5-9-12-22(7-3)20-30-27-18-24(15-16-25-14-11-17-32-25)26(29)19-28(27)31-21-23(8-4)13-10-6-2/h11,14,17-19,22-23H,5-10,12-13,20-21H2,1-4H3. The molecule has 0 aliphatic rings. The van der Waals surface area contributed by atoms with Gasteiger partial charge in [-0.2, -0.15) is 0 Å². The number of halogens is 1. The Morgan fingerprint density at radius 1 is 0.875 bits per heavy atom. The fraction of sp³-hybridized carbons (Fsp3) is 0.571. The highest BCUT2D eigenvalue weighted by Crippen LogP contribution is 2.35. The second-order valence-corrected chi connectivity index (χ2v) is 10.3. The van der Waals surface area contributed by atoms with Crippen molar-refractivity contribution < 1.29 is 9.47 Å². The van der Waals surface area contributed by atoms with E-state index in [0.717, 1.165) is 52.5 Å². The van der Waals surface area contributed by atoms with Crippen LogP contribution < -0.4 is 9.47 Å². The van der Waals surface area contributed by atoms with Crippen molar-refractivity contribution in [2.24, 2.45) is 11.8 Å². The summed E-state index contributed by atoms with van der Waals surface area (Å²) < 4.78 is 13.6. The summed E-state index contributed by atoms with van der Waals surface area (Å²) in [6.45, 7) is 10.4. The molecule has 2 aromatic rings. The van der Waals surface area contributed by atoms with Crippen LogP contribution in [0.15, 0.2) is 34.1 Å². The first-order valence-electron chi connectivity index (χ1n) is 12.3. The lowest BCUT2D eigenvalue weighted by Crippen LogP contribution is -2.14. The molecule has 1 aromatic carbocycles. The highest BCUT2D eigenvalue weighted by atomic mass is 79.9. The van der Waals surface area contributed by atoms with E-state index in [-0.39, 0.29) is 0 Å². The number of thiophene rings is 1. The molecule has 0 aliphatic heterocycles. The van der Waals surface area contributed by atoms with Gasteiger partial charge in [-0.1, -0.05) is 84.1 Å². The van der Waals surface area contributed by atoms with Crippen LogP contribution in [-0.4, -0.2) is 13.2 Å². The van der Waals surface area contributed by atoms with Crippen LogP contribution in [-0.2, 0) is 0 Å². The molecule has 1 heterocycles. The van der Waals surface area contributed by atoms with Crippen molar-refractivity contribution in [3.05, 3.63) is 44.6 Å². The molecule has 2 unspecified atom stereocenters. The van der Waals surface area contributed by atoms with Crippen molar-refractivity contribution in [3.63, 3.8) is 0 Å². The molecule has 0 N–H and O–H groups in total. The van der Waals surface area contributed by atoms with Crippen LogP contribution in [0, 0.1) is 23.7 Å². The second kappa shape index (κ2) is 15.4. The van der Waals surface area contributed by atoms with Gasteiger partial charge in [0.25, 0.3) is 0 Å². The van der Waals surface area contributed by atoms with Gasteiger partial charge in [0, 0.05) is 16.1 Å². The van der Waals surface area contributed by atoms with Gasteiger partial charge >= 0.3 is 0 Å². The molecular formula is C28H39BrO2S. The van der Waals surface area contributed by atoms with Crippen molar-refractivity contribution in [1.82, 2.24) is 0 Å². The number of rotatable bonds is 14. The molecule has 4 heteroatoms. The molecule has 0 saturated heterocycles. The molecule has 2 atom stereocenters. The largest absolute Gasteiger partial charge is 0.489 e. The van der Waals surface area contributed by atoms with Gasteiger partial charge in [-0.15, -0.1) is 11.3 Å². The lowest BCUT2D eigenvalue weighted by Gasteiger charge is -2.20. The van der Waals surface area contributed by atoms with Gasteiger partial charge in [0.1, 0.15) is 0 Å². The van der Waals surface area contributed by atoms with E-state index in [2.05, 4.69) is 60.8 Å². The first-order valence-corrected chi connectivity index (χ1v) is 13.9. The average Bonchev–Trinajstić information content (AvgIpc) is 3.33. The van der Waals surface area contributed by atoms with Crippen LogP contribution in [0.25, 0.3) is 0 Å². The summed E-state index contributed by atoms with van der Waals surface area (Å²) in [6.07, 6.45) is 9.64. The quantitative estimate of drug-likeness (QED) is 0.232. The number of hydrogen-bond donors (Lipinski definition) is 0. The van der Waals surface area contributed by atoms with E-state index in [1.807, 2.05) is 24.3 Å². The summed E-state index contributed by atoms with van der Waals surface area (Å²) >= 11 is 5.36. The smallest absolute Gasteiger partial charge is 0.162 e. The Bertz CT molecular complexity index is 835. The normalized spacial score (nSPS) is 12.7. The van der Waals surface area contributed by atoms with E-state index in [4.69, 9.17) is 9.47 Å². The molecule has 0 fully saturated rings. The molecule has 0 amide bonds. The summed E-state index contributed by atoms with van der Waals surface area (Å²) in [4.78, 5) is 1.06. The first-order chi connectivity index (χ1) is 15.6. The Labute approximate surface area is 208 Å². The van der Waals surface area contributed by atoms with Gasteiger partial charge < -0.3 is 9.47 Å². The Morgan fingerprint density at radius 2 is 1.47 bits per heavy atom. The monoisotopic (exact) mass is 518 g/mol. The molecule has 0 spiro atoms. The first kappa shape index (κ1) is 26.8. The molecule has 32 heavy (non-hydrogen) atoms. The van der Waals surface area contributed by atoms with E-state index >= 15 is 0 Å². The van der Waals surface area contributed by atoms with Gasteiger partial charge in [-0.05, 0) is 58.1 Å². The molecule has 0 bridgehead atoms. The van der Waals surface area contributed by atoms with Crippen molar-refractivity contribution in [1.29, 1.82) is 0 Å². The number of benzene rings is 1. The van der Waals surface area contributed by atoms with Gasteiger partial charge in [0.2, 0.25) is 0 Å². The lowest BCUT2D eigenvalue weighted by atomic mass is 10.0. The molecule has 176 valence electrons. The zero-order valence-corrected chi connectivity index (χ0v) is 22.6. The second-order valence-electron chi connectivity index (χ2n) is 8.46. The maximum atomic E-state index is 6.36. The topological polar surface area (TPSA) is 18.5 Å². The SMILES string of the molecule is CCCCC(CC)COc1cc(Br)c(C#Cc2cccs2)cc1OCC(CC)CCCC. The summed E-state index contributed by atoms with van der Waals surface area (Å²) in [5.74, 6) is 9.33. The highest BCUT2D eigenvalue weighted by molar-refractivity contribution is 9.10. The predicted molar refractivity (Wildman–Crippen MR) is 142 cm³/mol. The zero-order chi connectivity index (χ0) is 23.2. The van der Waals surface area contributed by atoms with Crippen LogP contribution in [0.4, 0.5) is 0 Å². The van der Waals surface area contributed by atoms with E-state index in [0.29, 0.717) is 11.8 Å². The third kappa shape index (κ3) is 9.20. The molecule has 0 aliphatic carbocycles. The zero-order valence-electron chi connectivity index (χ0n) is 20.2. The summed E-state index contributed by atoms with van der Waals surface area (Å²) in [5.41, 5.74) is 0.931. The maximum absolute atomic E-state index is 6.36. The lowest BCUT2D eigenvalue weighted by molar-refractivity contribution is 0.199. The Morgan fingerprint density at radius 3 is 1.97 bits per heavy atom. The molecule has 2 rings (SSSR count). The van der Waals surface area contributed by atoms with Crippen molar-refractivity contribution >= 4 is 27.3 Å². The molecule has 0 radical (unpaired) electrons. The summed E-state index contributed by atoms with van der Waals surface area (Å²) in [5, 5.41) is 2.05. The Hall–Kier alpha value is -1.44. The molecule has 2 nitrogen and oxygen atoms in total. The Balaban J connectivity index is 2.21. The third-order valence-electron chi connectivity index (χ3n) is 5.91. The molecule has 0 saturated carbocycles. The van der Waals surface area contributed by atoms with Crippen molar-refractivity contribution in [2.45, 2.75) is 79.1 Å². The van der Waals surface area contributed by atoms with Crippen molar-refractivity contribution in [2.75, 3.05) is 13.2 Å². The summed E-state index contributed by atoms with van der Waals surface area (Å²) in [7, 11) is 0. The minimum atomic E-state index is 0.569. The fourth-order valence-corrected chi connectivity index (χ4v) is 4.54. The highest BCUT2D eigenvalue weighted by Gasteiger charge is 2.15. The average molecular weight is 520 g/mol. The van der Waals surface area contributed by atoms with Crippen LogP contribution >= 0.6 is 27.3 Å². The van der Waals surface area contributed by atoms with Crippen LogP contribution in [0.2, 0.25) is 0 Å².